The molecule has 1 heterocycles. The standard InChI is InChI=1S/C11H13N3/c1-14(2)11-6-4-3-5-10(11)9-7-12-13-8-9/h3-8H,1-2H3,(H,12,13). The smallest absolute Gasteiger partial charge is 0.0566 e. The molecule has 0 spiro atoms. The van der Waals surface area contributed by atoms with Gasteiger partial charge in [0.2, 0.25) is 0 Å². The van der Waals surface area contributed by atoms with Gasteiger partial charge in [-0.05, 0) is 6.07 Å². The van der Waals surface area contributed by atoms with E-state index >= 15 is 0 Å². The lowest BCUT2D eigenvalue weighted by Crippen LogP contribution is -2.09. The van der Waals surface area contributed by atoms with Crippen molar-refractivity contribution >= 4 is 5.69 Å². The summed E-state index contributed by atoms with van der Waals surface area (Å²) in [6.07, 6.45) is 3.74. The highest BCUT2D eigenvalue weighted by atomic mass is 15.1. The largest absolute Gasteiger partial charge is 0.377 e. The fourth-order valence-electron chi connectivity index (χ4n) is 1.51. The van der Waals surface area contributed by atoms with Gasteiger partial charge in [0.1, 0.15) is 0 Å². The van der Waals surface area contributed by atoms with Crippen LogP contribution in [0.3, 0.4) is 0 Å². The van der Waals surface area contributed by atoms with Gasteiger partial charge in [-0.3, -0.25) is 5.10 Å². The molecule has 0 aliphatic heterocycles. The van der Waals surface area contributed by atoms with E-state index in [2.05, 4.69) is 27.2 Å². The number of hydrogen-bond acceptors (Lipinski definition) is 2. The maximum atomic E-state index is 3.96. The number of benzene rings is 1. The summed E-state index contributed by atoms with van der Waals surface area (Å²) in [5, 5.41) is 6.78. The van der Waals surface area contributed by atoms with Gasteiger partial charge in [-0.25, -0.2) is 0 Å². The van der Waals surface area contributed by atoms with Crippen molar-refractivity contribution in [3.05, 3.63) is 36.7 Å². The van der Waals surface area contributed by atoms with Gasteiger partial charge in [-0.1, -0.05) is 18.2 Å². The minimum absolute atomic E-state index is 1.12. The minimum Gasteiger partial charge on any atom is -0.377 e. The number of aromatic amines is 1. The molecule has 1 N–H and O–H groups in total. The molecule has 0 saturated heterocycles. The molecule has 0 aliphatic carbocycles. The lowest BCUT2D eigenvalue weighted by molar-refractivity contribution is 1.09. The Balaban J connectivity index is 2.53. The van der Waals surface area contributed by atoms with Gasteiger partial charge in [0.15, 0.2) is 0 Å². The predicted molar refractivity (Wildman–Crippen MR) is 58.4 cm³/mol. The molecule has 0 amide bonds. The van der Waals surface area contributed by atoms with Crippen LogP contribution in [0.5, 0.6) is 0 Å². The quantitative estimate of drug-likeness (QED) is 0.781. The summed E-state index contributed by atoms with van der Waals surface area (Å²) in [5.74, 6) is 0. The number of nitrogens with zero attached hydrogens (tertiary/aromatic N) is 2. The monoisotopic (exact) mass is 187 g/mol. The molecule has 3 nitrogen and oxygen atoms in total. The van der Waals surface area contributed by atoms with Gasteiger partial charge in [0.05, 0.1) is 6.20 Å². The third-order valence-corrected chi connectivity index (χ3v) is 2.20. The van der Waals surface area contributed by atoms with E-state index in [1.54, 1.807) is 0 Å². The van der Waals surface area contributed by atoms with Crippen molar-refractivity contribution in [2.45, 2.75) is 0 Å². The summed E-state index contributed by atoms with van der Waals surface area (Å²) in [4.78, 5) is 2.10. The Morgan fingerprint density at radius 3 is 2.64 bits per heavy atom. The predicted octanol–water partition coefficient (Wildman–Crippen LogP) is 2.14. The van der Waals surface area contributed by atoms with Gasteiger partial charge in [-0.2, -0.15) is 5.10 Å². The number of para-hydroxylation sites is 1. The zero-order valence-electron chi connectivity index (χ0n) is 8.36. The van der Waals surface area contributed by atoms with Crippen LogP contribution in [0.1, 0.15) is 0 Å². The zero-order valence-corrected chi connectivity index (χ0v) is 8.36. The molecule has 0 saturated carbocycles. The third-order valence-electron chi connectivity index (χ3n) is 2.20. The maximum absolute atomic E-state index is 3.96. The summed E-state index contributed by atoms with van der Waals surface area (Å²) < 4.78 is 0. The van der Waals surface area contributed by atoms with Crippen LogP contribution in [0, 0.1) is 0 Å². The lowest BCUT2D eigenvalue weighted by atomic mass is 10.1. The van der Waals surface area contributed by atoms with Crippen LogP contribution in [-0.4, -0.2) is 24.3 Å². The Morgan fingerprint density at radius 1 is 1.21 bits per heavy atom. The number of H-pyrrole nitrogens is 1. The molecule has 0 bridgehead atoms. The second-order valence-corrected chi connectivity index (χ2v) is 3.40. The van der Waals surface area contributed by atoms with Crippen molar-refractivity contribution in [2.75, 3.05) is 19.0 Å². The first-order valence-electron chi connectivity index (χ1n) is 4.54. The third kappa shape index (κ3) is 1.48. The van der Waals surface area contributed by atoms with E-state index in [0.29, 0.717) is 0 Å². The Labute approximate surface area is 83.4 Å². The van der Waals surface area contributed by atoms with Crippen molar-refractivity contribution in [2.24, 2.45) is 0 Å². The van der Waals surface area contributed by atoms with E-state index in [9.17, 15) is 0 Å². The van der Waals surface area contributed by atoms with Gasteiger partial charge < -0.3 is 4.90 Å². The van der Waals surface area contributed by atoms with E-state index < -0.39 is 0 Å². The van der Waals surface area contributed by atoms with E-state index in [4.69, 9.17) is 0 Å². The minimum atomic E-state index is 1.12. The Bertz CT molecular complexity index is 404. The molecule has 1 aromatic carbocycles. The van der Waals surface area contributed by atoms with Crippen LogP contribution in [0.4, 0.5) is 5.69 Å². The molecule has 0 atom stereocenters. The second-order valence-electron chi connectivity index (χ2n) is 3.40. The van der Waals surface area contributed by atoms with Crippen LogP contribution < -0.4 is 4.90 Å². The van der Waals surface area contributed by atoms with Gasteiger partial charge >= 0.3 is 0 Å². The van der Waals surface area contributed by atoms with Crippen molar-refractivity contribution in [1.29, 1.82) is 0 Å². The maximum Gasteiger partial charge on any atom is 0.0566 e. The summed E-state index contributed by atoms with van der Waals surface area (Å²) >= 11 is 0. The van der Waals surface area contributed by atoms with E-state index in [-0.39, 0.29) is 0 Å². The molecular weight excluding hydrogens is 174 g/mol. The Kier molecular flexibility index (Phi) is 2.23. The number of aromatic nitrogens is 2. The Hall–Kier alpha value is -1.77. The molecule has 0 fully saturated rings. The molecule has 14 heavy (non-hydrogen) atoms. The Morgan fingerprint density at radius 2 is 2.00 bits per heavy atom. The van der Waals surface area contributed by atoms with E-state index in [1.165, 1.54) is 11.3 Å². The first-order valence-corrected chi connectivity index (χ1v) is 4.54. The van der Waals surface area contributed by atoms with Crippen molar-refractivity contribution in [3.63, 3.8) is 0 Å². The molecule has 2 aromatic rings. The number of rotatable bonds is 2. The normalized spacial score (nSPS) is 10.1. The molecule has 3 heteroatoms. The fraction of sp³-hybridized carbons (Fsp3) is 0.182. The van der Waals surface area contributed by atoms with Crippen LogP contribution in [-0.2, 0) is 0 Å². The van der Waals surface area contributed by atoms with Gasteiger partial charge in [0.25, 0.3) is 0 Å². The number of anilines is 1. The van der Waals surface area contributed by atoms with E-state index in [0.717, 1.165) is 5.56 Å². The first kappa shape index (κ1) is 8.81. The number of nitrogens with one attached hydrogen (secondary N) is 1. The second kappa shape index (κ2) is 3.54. The fourth-order valence-corrected chi connectivity index (χ4v) is 1.51. The highest BCUT2D eigenvalue weighted by molar-refractivity contribution is 5.77. The van der Waals surface area contributed by atoms with Crippen molar-refractivity contribution < 1.29 is 0 Å². The topological polar surface area (TPSA) is 31.9 Å². The van der Waals surface area contributed by atoms with E-state index in [1.807, 2.05) is 38.6 Å². The zero-order chi connectivity index (χ0) is 9.97. The van der Waals surface area contributed by atoms with Gasteiger partial charge in [0, 0.05) is 37.1 Å². The number of hydrogen-bond donors (Lipinski definition) is 1. The van der Waals surface area contributed by atoms with Crippen molar-refractivity contribution in [1.82, 2.24) is 10.2 Å². The molecule has 0 unspecified atom stereocenters. The lowest BCUT2D eigenvalue weighted by Gasteiger charge is -2.16. The van der Waals surface area contributed by atoms with Crippen LogP contribution in [0.2, 0.25) is 0 Å². The summed E-state index contributed by atoms with van der Waals surface area (Å²) in [7, 11) is 4.08. The molecule has 2 rings (SSSR count). The molecule has 0 aliphatic rings. The highest BCUT2D eigenvalue weighted by Crippen LogP contribution is 2.28. The molecule has 0 radical (unpaired) electrons. The summed E-state index contributed by atoms with van der Waals surface area (Å²) in [6.45, 7) is 0. The average Bonchev–Trinajstić information content (AvgIpc) is 2.70. The van der Waals surface area contributed by atoms with Crippen LogP contribution >= 0.6 is 0 Å². The molecule has 1 aromatic heterocycles. The van der Waals surface area contributed by atoms with Crippen molar-refractivity contribution in [3.8, 4) is 11.1 Å². The molecular formula is C11H13N3. The van der Waals surface area contributed by atoms with Crippen LogP contribution in [0.25, 0.3) is 11.1 Å². The SMILES string of the molecule is CN(C)c1ccccc1-c1cn[nH]c1. The highest BCUT2D eigenvalue weighted by Gasteiger charge is 2.05. The van der Waals surface area contributed by atoms with Gasteiger partial charge in [-0.15, -0.1) is 0 Å². The first-order chi connectivity index (χ1) is 6.79. The van der Waals surface area contributed by atoms with Crippen LogP contribution in [0.15, 0.2) is 36.7 Å². The summed E-state index contributed by atoms with van der Waals surface area (Å²) in [5.41, 5.74) is 3.52. The average molecular weight is 187 g/mol. The summed E-state index contributed by atoms with van der Waals surface area (Å²) in [6, 6.07) is 8.27. The molecule has 72 valence electrons.